The number of carbonyl (C=O) groups is 2. The molecule has 0 radical (unpaired) electrons. The molecule has 0 aliphatic heterocycles. The zero-order chi connectivity index (χ0) is 16.7. The second-order valence-corrected chi connectivity index (χ2v) is 5.84. The average Bonchev–Trinajstić information content (AvgIpc) is 2.99. The molecule has 1 amide bonds. The monoisotopic (exact) mass is 333 g/mol. The highest BCUT2D eigenvalue weighted by atomic mass is 32.2. The summed E-state index contributed by atoms with van der Waals surface area (Å²) in [5.41, 5.74) is 0.816. The van der Waals surface area contributed by atoms with Crippen LogP contribution in [-0.2, 0) is 21.4 Å². The van der Waals surface area contributed by atoms with Gasteiger partial charge in [0.2, 0.25) is 5.91 Å². The van der Waals surface area contributed by atoms with Gasteiger partial charge in [0.1, 0.15) is 0 Å². The normalized spacial score (nSPS) is 11.7. The number of hydrogen-bond acceptors (Lipinski definition) is 5. The first-order chi connectivity index (χ1) is 11.1. The van der Waals surface area contributed by atoms with Gasteiger partial charge in [0.15, 0.2) is 5.16 Å². The summed E-state index contributed by atoms with van der Waals surface area (Å²) in [6, 6.07) is 9.26. The summed E-state index contributed by atoms with van der Waals surface area (Å²) in [7, 11) is 3.22. The van der Waals surface area contributed by atoms with Gasteiger partial charge in [0.05, 0.1) is 18.8 Å². The molecule has 0 aliphatic rings. The van der Waals surface area contributed by atoms with E-state index in [1.807, 2.05) is 48.1 Å². The Morgan fingerprint density at radius 2 is 2.09 bits per heavy atom. The Bertz CT molecular complexity index is 658. The molecule has 0 bridgehead atoms. The maximum atomic E-state index is 12.0. The smallest absolute Gasteiger partial charge is 0.314 e. The van der Waals surface area contributed by atoms with E-state index in [2.05, 4.69) is 10.3 Å². The number of carbonyl (C=O) groups excluding carboxylic acids is 2. The van der Waals surface area contributed by atoms with Crippen LogP contribution in [0.4, 0.5) is 0 Å². The third-order valence-corrected chi connectivity index (χ3v) is 4.36. The van der Waals surface area contributed by atoms with Crippen molar-refractivity contribution in [2.75, 3.05) is 19.4 Å². The lowest BCUT2D eigenvalue weighted by molar-refractivity contribution is -0.142. The molecule has 0 saturated heterocycles. The number of hydrogen-bond donors (Lipinski definition) is 1. The van der Waals surface area contributed by atoms with Gasteiger partial charge in [-0.05, 0) is 5.56 Å². The Labute approximate surface area is 139 Å². The molecule has 0 unspecified atom stereocenters. The van der Waals surface area contributed by atoms with Crippen LogP contribution in [0.25, 0.3) is 0 Å². The van der Waals surface area contributed by atoms with E-state index in [1.165, 1.54) is 18.9 Å². The summed E-state index contributed by atoms with van der Waals surface area (Å²) < 4.78 is 6.67. The van der Waals surface area contributed by atoms with E-state index in [1.54, 1.807) is 6.20 Å². The van der Waals surface area contributed by atoms with Crippen molar-refractivity contribution in [3.8, 4) is 0 Å². The molecule has 0 fully saturated rings. The van der Waals surface area contributed by atoms with Crippen LogP contribution in [0.3, 0.4) is 0 Å². The summed E-state index contributed by atoms with van der Waals surface area (Å²) >= 11 is 1.35. The van der Waals surface area contributed by atoms with Gasteiger partial charge < -0.3 is 14.6 Å². The molecule has 2 rings (SSSR count). The largest absolute Gasteiger partial charge is 0.468 e. The highest BCUT2D eigenvalue weighted by Crippen LogP contribution is 2.17. The molecule has 0 saturated carbocycles. The predicted molar refractivity (Wildman–Crippen MR) is 88.1 cm³/mol. The van der Waals surface area contributed by atoms with E-state index in [0.717, 1.165) is 10.7 Å². The lowest BCUT2D eigenvalue weighted by Gasteiger charge is -2.15. The van der Waals surface area contributed by atoms with Crippen LogP contribution in [0.5, 0.6) is 0 Å². The third kappa shape index (κ3) is 4.85. The van der Waals surface area contributed by atoms with Gasteiger partial charge >= 0.3 is 5.97 Å². The Balaban J connectivity index is 1.89. The highest BCUT2D eigenvalue weighted by Gasteiger charge is 2.22. The maximum Gasteiger partial charge on any atom is 0.314 e. The fraction of sp³-hybridized carbons (Fsp3) is 0.312. The molecule has 7 heteroatoms. The van der Waals surface area contributed by atoms with Crippen LogP contribution < -0.4 is 5.32 Å². The Morgan fingerprint density at radius 3 is 2.70 bits per heavy atom. The van der Waals surface area contributed by atoms with Gasteiger partial charge in [-0.15, -0.1) is 0 Å². The van der Waals surface area contributed by atoms with Gasteiger partial charge in [-0.2, -0.15) is 0 Å². The van der Waals surface area contributed by atoms with E-state index < -0.39 is 5.92 Å². The summed E-state index contributed by atoms with van der Waals surface area (Å²) in [6.07, 6.45) is 3.51. The van der Waals surface area contributed by atoms with Gasteiger partial charge in [-0.3, -0.25) is 9.59 Å². The summed E-state index contributed by atoms with van der Waals surface area (Å²) in [6.45, 7) is 0.205. The number of benzene rings is 1. The van der Waals surface area contributed by atoms with Gasteiger partial charge in [0, 0.05) is 26.0 Å². The number of rotatable bonds is 7. The zero-order valence-electron chi connectivity index (χ0n) is 13.1. The summed E-state index contributed by atoms with van der Waals surface area (Å²) in [5.74, 6) is -0.785. The van der Waals surface area contributed by atoms with Crippen molar-refractivity contribution in [1.82, 2.24) is 14.9 Å². The van der Waals surface area contributed by atoms with E-state index in [0.29, 0.717) is 0 Å². The number of methoxy groups -OCH3 is 1. The third-order valence-electron chi connectivity index (χ3n) is 3.30. The number of imidazole rings is 1. The summed E-state index contributed by atoms with van der Waals surface area (Å²) in [5, 5.41) is 3.55. The number of ether oxygens (including phenoxy) is 1. The first kappa shape index (κ1) is 17.1. The lowest BCUT2D eigenvalue weighted by Crippen LogP contribution is -2.33. The van der Waals surface area contributed by atoms with Gasteiger partial charge in [0.25, 0.3) is 0 Å². The maximum absolute atomic E-state index is 12.0. The van der Waals surface area contributed by atoms with E-state index in [9.17, 15) is 9.59 Å². The fourth-order valence-electron chi connectivity index (χ4n) is 2.05. The van der Waals surface area contributed by atoms with E-state index >= 15 is 0 Å². The molecule has 1 heterocycles. The molecule has 0 spiro atoms. The molecule has 1 aromatic heterocycles. The minimum absolute atomic E-state index is 0.150. The molecule has 1 N–H and O–H groups in total. The molecule has 23 heavy (non-hydrogen) atoms. The second-order valence-electron chi connectivity index (χ2n) is 4.90. The Morgan fingerprint density at radius 1 is 1.35 bits per heavy atom. The molecule has 6 nitrogen and oxygen atoms in total. The molecular weight excluding hydrogens is 314 g/mol. The Kier molecular flexibility index (Phi) is 6.22. The number of esters is 1. The van der Waals surface area contributed by atoms with Gasteiger partial charge in [-0.1, -0.05) is 42.1 Å². The Hall–Kier alpha value is -2.28. The first-order valence-corrected chi connectivity index (χ1v) is 8.10. The predicted octanol–water partition coefficient (Wildman–Crippen LogP) is 1.59. The number of thioether (sulfide) groups is 1. The van der Waals surface area contributed by atoms with Crippen molar-refractivity contribution >= 4 is 23.6 Å². The van der Waals surface area contributed by atoms with E-state index in [-0.39, 0.29) is 24.2 Å². The molecular formula is C16H19N3O3S. The second kappa shape index (κ2) is 8.38. The fourth-order valence-corrected chi connectivity index (χ4v) is 2.82. The minimum Gasteiger partial charge on any atom is -0.468 e. The zero-order valence-corrected chi connectivity index (χ0v) is 13.9. The van der Waals surface area contributed by atoms with Crippen LogP contribution in [0.15, 0.2) is 47.9 Å². The van der Waals surface area contributed by atoms with Crippen LogP contribution in [0, 0.1) is 0 Å². The van der Waals surface area contributed by atoms with Crippen molar-refractivity contribution in [2.24, 2.45) is 7.05 Å². The van der Waals surface area contributed by atoms with Crippen molar-refractivity contribution in [3.63, 3.8) is 0 Å². The molecule has 0 aliphatic carbocycles. The molecule has 1 aromatic carbocycles. The van der Waals surface area contributed by atoms with Crippen LogP contribution in [0.2, 0.25) is 0 Å². The SMILES string of the molecule is COC(=O)[C@@H](CNC(=O)CSc1nccn1C)c1ccccc1. The van der Waals surface area contributed by atoms with Gasteiger partial charge in [-0.25, -0.2) is 4.98 Å². The number of nitrogens with one attached hydrogen (secondary N) is 1. The number of nitrogens with zero attached hydrogens (tertiary/aromatic N) is 2. The molecule has 1 atom stereocenters. The first-order valence-electron chi connectivity index (χ1n) is 7.11. The van der Waals surface area contributed by atoms with Crippen molar-refractivity contribution in [3.05, 3.63) is 48.3 Å². The highest BCUT2D eigenvalue weighted by molar-refractivity contribution is 7.99. The minimum atomic E-state index is -0.511. The average molecular weight is 333 g/mol. The number of aryl methyl sites for hydroxylation is 1. The quantitative estimate of drug-likeness (QED) is 0.615. The van der Waals surface area contributed by atoms with Crippen LogP contribution in [0.1, 0.15) is 11.5 Å². The van der Waals surface area contributed by atoms with Crippen molar-refractivity contribution in [1.29, 1.82) is 0 Å². The summed E-state index contributed by atoms with van der Waals surface area (Å²) in [4.78, 5) is 28.0. The number of amides is 1. The topological polar surface area (TPSA) is 73.2 Å². The van der Waals surface area contributed by atoms with Crippen LogP contribution >= 0.6 is 11.8 Å². The van der Waals surface area contributed by atoms with E-state index in [4.69, 9.17) is 4.74 Å². The lowest BCUT2D eigenvalue weighted by atomic mass is 9.99. The number of aromatic nitrogens is 2. The van der Waals surface area contributed by atoms with Crippen molar-refractivity contribution in [2.45, 2.75) is 11.1 Å². The molecule has 122 valence electrons. The van der Waals surface area contributed by atoms with Crippen molar-refractivity contribution < 1.29 is 14.3 Å². The molecule has 2 aromatic rings. The van der Waals surface area contributed by atoms with Crippen LogP contribution in [-0.4, -0.2) is 40.8 Å². The standard InChI is InChI=1S/C16H19N3O3S/c1-19-9-8-17-16(19)23-11-14(20)18-10-13(15(21)22-2)12-6-4-3-5-7-12/h3-9,13H,10-11H2,1-2H3,(H,18,20)/t13-/m0/s1.